The summed E-state index contributed by atoms with van der Waals surface area (Å²) < 4.78 is 64.6. The van der Waals surface area contributed by atoms with Gasteiger partial charge in [0.25, 0.3) is 0 Å². The number of hydrogen-bond acceptors (Lipinski definition) is 4. The number of carbonyl (C=O) groups is 1. The fourth-order valence-electron chi connectivity index (χ4n) is 1.73. The van der Waals surface area contributed by atoms with Crippen LogP contribution in [0.25, 0.3) is 0 Å². The van der Waals surface area contributed by atoms with Crippen LogP contribution in [0.3, 0.4) is 0 Å². The number of nitriles is 1. The average Bonchev–Trinajstić information content (AvgIpc) is 2.42. The van der Waals surface area contributed by atoms with E-state index in [2.05, 4.69) is 0 Å². The topological polar surface area (TPSA) is 107 Å². The molecule has 2 N–H and O–H groups in total. The number of aliphatic carboxylic acids is 1. The molecule has 0 spiro atoms. The van der Waals surface area contributed by atoms with E-state index in [9.17, 15) is 26.4 Å². The van der Waals surface area contributed by atoms with E-state index < -0.39 is 50.2 Å². The highest BCUT2D eigenvalue weighted by molar-refractivity contribution is 7.89. The van der Waals surface area contributed by atoms with Crippen molar-refractivity contribution >= 4 is 16.0 Å². The number of carboxylic acids is 1. The lowest BCUT2D eigenvalue weighted by molar-refractivity contribution is -0.140. The zero-order chi connectivity index (χ0) is 18.0. The molecule has 0 aromatic heterocycles. The highest BCUT2D eigenvalue weighted by atomic mass is 32.2. The zero-order valence-electron chi connectivity index (χ0n) is 12.0. The number of carboxylic acid groups (broad SMARTS) is 1. The molecule has 0 aliphatic carbocycles. The van der Waals surface area contributed by atoms with E-state index in [-0.39, 0.29) is 0 Å². The number of halogens is 3. The summed E-state index contributed by atoms with van der Waals surface area (Å²) in [5, 5.41) is 17.6. The van der Waals surface area contributed by atoms with E-state index in [0.717, 1.165) is 12.1 Å². The molecular formula is C13H13F3N2O4S. The van der Waals surface area contributed by atoms with Gasteiger partial charge in [0, 0.05) is 0 Å². The van der Waals surface area contributed by atoms with Gasteiger partial charge >= 0.3 is 12.1 Å². The molecule has 1 rings (SSSR count). The molecule has 0 unspecified atom stereocenters. The van der Waals surface area contributed by atoms with Crippen molar-refractivity contribution in [2.75, 3.05) is 0 Å². The molecular weight excluding hydrogens is 337 g/mol. The number of nitrogens with zero attached hydrogens (tertiary/aromatic N) is 1. The van der Waals surface area contributed by atoms with Gasteiger partial charge in [-0.25, -0.2) is 8.42 Å². The molecule has 0 bridgehead atoms. The van der Waals surface area contributed by atoms with Crippen LogP contribution in [0.2, 0.25) is 0 Å². The molecule has 0 saturated heterocycles. The zero-order valence-corrected chi connectivity index (χ0v) is 12.9. The van der Waals surface area contributed by atoms with Crippen LogP contribution in [0.4, 0.5) is 13.2 Å². The van der Waals surface area contributed by atoms with Gasteiger partial charge in [0.15, 0.2) is 0 Å². The highest BCUT2D eigenvalue weighted by Crippen LogP contribution is 2.33. The molecule has 1 aromatic carbocycles. The number of rotatable bonds is 5. The van der Waals surface area contributed by atoms with Crippen molar-refractivity contribution in [3.05, 3.63) is 29.3 Å². The minimum atomic E-state index is -4.92. The van der Waals surface area contributed by atoms with E-state index in [1.54, 1.807) is 0 Å². The van der Waals surface area contributed by atoms with Crippen molar-refractivity contribution in [3.8, 4) is 6.07 Å². The van der Waals surface area contributed by atoms with Crippen molar-refractivity contribution < 1.29 is 31.5 Å². The maximum Gasteiger partial charge on any atom is 0.417 e. The first kappa shape index (κ1) is 18.9. The molecule has 0 fully saturated rings. The first-order chi connectivity index (χ1) is 10.4. The fourth-order valence-corrected chi connectivity index (χ4v) is 3.09. The van der Waals surface area contributed by atoms with Crippen LogP contribution in [-0.4, -0.2) is 25.5 Å². The molecule has 0 heterocycles. The van der Waals surface area contributed by atoms with E-state index >= 15 is 0 Å². The van der Waals surface area contributed by atoms with Gasteiger partial charge in [-0.2, -0.15) is 23.2 Å². The van der Waals surface area contributed by atoms with Crippen LogP contribution in [0.1, 0.15) is 25.0 Å². The second kappa shape index (κ2) is 6.55. The van der Waals surface area contributed by atoms with Gasteiger partial charge in [0.05, 0.1) is 22.1 Å². The first-order valence-corrected chi connectivity index (χ1v) is 7.75. The maximum absolute atomic E-state index is 12.9. The number of benzene rings is 1. The van der Waals surface area contributed by atoms with Crippen molar-refractivity contribution in [1.29, 1.82) is 5.26 Å². The Morgan fingerprint density at radius 3 is 2.30 bits per heavy atom. The van der Waals surface area contributed by atoms with Crippen LogP contribution in [0.5, 0.6) is 0 Å². The Kier molecular flexibility index (Phi) is 5.39. The van der Waals surface area contributed by atoms with Gasteiger partial charge in [0.1, 0.15) is 6.04 Å². The van der Waals surface area contributed by atoms with Crippen LogP contribution in [-0.2, 0) is 21.0 Å². The largest absolute Gasteiger partial charge is 0.480 e. The third-order valence-electron chi connectivity index (χ3n) is 2.94. The molecule has 0 amide bonds. The number of alkyl halides is 3. The molecule has 10 heteroatoms. The molecule has 0 radical (unpaired) electrons. The van der Waals surface area contributed by atoms with Crippen LogP contribution < -0.4 is 4.72 Å². The number of hydrogen-bond donors (Lipinski definition) is 2. The third kappa shape index (κ3) is 4.43. The van der Waals surface area contributed by atoms with Gasteiger partial charge in [-0.05, 0) is 24.1 Å². The van der Waals surface area contributed by atoms with E-state index in [4.69, 9.17) is 10.4 Å². The summed E-state index contributed by atoms with van der Waals surface area (Å²) in [7, 11) is -4.50. The third-order valence-corrected chi connectivity index (χ3v) is 4.38. The maximum atomic E-state index is 12.9. The van der Waals surface area contributed by atoms with Crippen molar-refractivity contribution in [3.63, 3.8) is 0 Å². The van der Waals surface area contributed by atoms with E-state index in [0.29, 0.717) is 6.07 Å². The van der Waals surface area contributed by atoms with E-state index in [1.807, 2.05) is 4.72 Å². The Morgan fingerprint density at radius 2 is 1.91 bits per heavy atom. The Morgan fingerprint density at radius 1 is 1.35 bits per heavy atom. The Bertz CT molecular complexity index is 751. The van der Waals surface area contributed by atoms with Crippen molar-refractivity contribution in [2.24, 2.45) is 5.92 Å². The van der Waals surface area contributed by atoms with Crippen molar-refractivity contribution in [2.45, 2.75) is 31.0 Å². The summed E-state index contributed by atoms with van der Waals surface area (Å²) in [6, 6.07) is 1.68. The predicted octanol–water partition coefficient (Wildman–Crippen LogP) is 1.96. The van der Waals surface area contributed by atoms with Crippen LogP contribution >= 0.6 is 0 Å². The lowest BCUT2D eigenvalue weighted by Gasteiger charge is -2.18. The van der Waals surface area contributed by atoms with Gasteiger partial charge in [-0.1, -0.05) is 13.8 Å². The average molecular weight is 350 g/mol. The Labute approximate surface area is 130 Å². The number of nitrogens with one attached hydrogen (secondary N) is 1. The predicted molar refractivity (Wildman–Crippen MR) is 72.7 cm³/mol. The summed E-state index contributed by atoms with van der Waals surface area (Å²) >= 11 is 0. The fraction of sp³-hybridized carbons (Fsp3) is 0.385. The van der Waals surface area contributed by atoms with Crippen LogP contribution in [0.15, 0.2) is 23.1 Å². The second-order valence-electron chi connectivity index (χ2n) is 5.00. The van der Waals surface area contributed by atoms with Crippen LogP contribution in [0, 0.1) is 17.2 Å². The second-order valence-corrected chi connectivity index (χ2v) is 6.71. The minimum Gasteiger partial charge on any atom is -0.480 e. The lowest BCUT2D eigenvalue weighted by Crippen LogP contribution is -2.44. The SMILES string of the molecule is CC(C)[C@@H](NS(=O)(=O)c1ccc(C#N)c(C(F)(F)F)c1)C(=O)O. The van der Waals surface area contributed by atoms with Gasteiger partial charge in [-0.15, -0.1) is 0 Å². The monoisotopic (exact) mass is 350 g/mol. The molecule has 1 atom stereocenters. The lowest BCUT2D eigenvalue weighted by atomic mass is 10.1. The van der Waals surface area contributed by atoms with Gasteiger partial charge in [-0.3, -0.25) is 4.79 Å². The highest BCUT2D eigenvalue weighted by Gasteiger charge is 2.36. The standard InChI is InChI=1S/C13H13F3N2O4S/c1-7(2)11(12(19)20)18-23(21,22)9-4-3-8(6-17)10(5-9)13(14,15)16/h3-5,7,11,18H,1-2H3,(H,19,20)/t11-/m1/s1. The molecule has 0 aliphatic heterocycles. The summed E-state index contributed by atoms with van der Waals surface area (Å²) in [4.78, 5) is 10.3. The molecule has 0 saturated carbocycles. The number of sulfonamides is 1. The molecule has 1 aromatic rings. The van der Waals surface area contributed by atoms with E-state index in [1.165, 1.54) is 19.9 Å². The smallest absolute Gasteiger partial charge is 0.417 e. The summed E-state index contributed by atoms with van der Waals surface area (Å²) in [6.07, 6.45) is -4.92. The molecule has 126 valence electrons. The van der Waals surface area contributed by atoms with Gasteiger partial charge in [0.2, 0.25) is 10.0 Å². The summed E-state index contributed by atoms with van der Waals surface area (Å²) in [5.41, 5.74) is -2.13. The molecule has 0 aliphatic rings. The quantitative estimate of drug-likeness (QED) is 0.844. The first-order valence-electron chi connectivity index (χ1n) is 6.26. The van der Waals surface area contributed by atoms with Crippen molar-refractivity contribution in [1.82, 2.24) is 4.72 Å². The Balaban J connectivity index is 3.35. The summed E-state index contributed by atoms with van der Waals surface area (Å²) in [6.45, 7) is 2.89. The Hall–Kier alpha value is -2.12. The minimum absolute atomic E-state index is 0.306. The summed E-state index contributed by atoms with van der Waals surface area (Å²) in [5.74, 6) is -2.07. The molecule has 23 heavy (non-hydrogen) atoms. The molecule has 6 nitrogen and oxygen atoms in total. The normalized spacial score (nSPS) is 13.6. The van der Waals surface area contributed by atoms with Gasteiger partial charge < -0.3 is 5.11 Å².